The van der Waals surface area contributed by atoms with E-state index in [0.29, 0.717) is 10.8 Å². The molecule has 0 saturated heterocycles. The Morgan fingerprint density at radius 1 is 1.37 bits per heavy atom. The first kappa shape index (κ1) is 16.1. The SMILES string of the molecule is CCN(CC)CCNC(=S)Nc1ccc(F)c(Cl)c1. The standard InChI is InChI=1S/C13H19ClFN3S/c1-3-18(4-2)8-7-16-13(19)17-10-5-6-12(15)11(14)9-10/h5-6,9H,3-4,7-8H2,1-2H3,(H2,16,17,19). The normalized spacial score (nSPS) is 10.6. The number of hydrogen-bond acceptors (Lipinski definition) is 2. The van der Waals surface area contributed by atoms with Gasteiger partial charge in [0.15, 0.2) is 5.11 Å². The smallest absolute Gasteiger partial charge is 0.170 e. The maximum Gasteiger partial charge on any atom is 0.170 e. The lowest BCUT2D eigenvalue weighted by molar-refractivity contribution is 0.308. The Kier molecular flexibility index (Phi) is 7.05. The summed E-state index contributed by atoms with van der Waals surface area (Å²) in [6.45, 7) is 7.99. The molecule has 0 saturated carbocycles. The molecule has 0 unspecified atom stereocenters. The van der Waals surface area contributed by atoms with Gasteiger partial charge in [-0.2, -0.15) is 0 Å². The average molecular weight is 304 g/mol. The fourth-order valence-electron chi connectivity index (χ4n) is 1.62. The van der Waals surface area contributed by atoms with Crippen molar-refractivity contribution in [3.8, 4) is 0 Å². The summed E-state index contributed by atoms with van der Waals surface area (Å²) in [5.41, 5.74) is 0.673. The van der Waals surface area contributed by atoms with E-state index < -0.39 is 5.82 Å². The Balaban J connectivity index is 2.36. The minimum absolute atomic E-state index is 0.0796. The summed E-state index contributed by atoms with van der Waals surface area (Å²) < 4.78 is 13.0. The van der Waals surface area contributed by atoms with Crippen LogP contribution in [-0.2, 0) is 0 Å². The fraction of sp³-hybridized carbons (Fsp3) is 0.462. The number of thiocarbonyl (C=S) groups is 1. The molecule has 0 fully saturated rings. The van der Waals surface area contributed by atoms with Crippen molar-refractivity contribution in [3.63, 3.8) is 0 Å². The molecule has 106 valence electrons. The van der Waals surface area contributed by atoms with Gasteiger partial charge in [-0.25, -0.2) is 4.39 Å². The number of nitrogens with zero attached hydrogens (tertiary/aromatic N) is 1. The maximum absolute atomic E-state index is 13.0. The van der Waals surface area contributed by atoms with Crippen molar-refractivity contribution in [2.75, 3.05) is 31.5 Å². The lowest BCUT2D eigenvalue weighted by Crippen LogP contribution is -2.36. The molecule has 0 amide bonds. The fourth-order valence-corrected chi connectivity index (χ4v) is 2.02. The molecule has 19 heavy (non-hydrogen) atoms. The summed E-state index contributed by atoms with van der Waals surface area (Å²) in [6.07, 6.45) is 0. The lowest BCUT2D eigenvalue weighted by atomic mass is 10.3. The Bertz CT molecular complexity index is 424. The monoisotopic (exact) mass is 303 g/mol. The third-order valence-corrected chi connectivity index (χ3v) is 3.32. The number of nitrogens with one attached hydrogen (secondary N) is 2. The van der Waals surface area contributed by atoms with Crippen LogP contribution >= 0.6 is 23.8 Å². The van der Waals surface area contributed by atoms with E-state index in [1.807, 2.05) is 0 Å². The highest BCUT2D eigenvalue weighted by atomic mass is 35.5. The highest BCUT2D eigenvalue weighted by molar-refractivity contribution is 7.80. The molecule has 0 aliphatic heterocycles. The van der Waals surface area contributed by atoms with E-state index in [1.165, 1.54) is 12.1 Å². The van der Waals surface area contributed by atoms with Gasteiger partial charge in [0.2, 0.25) is 0 Å². The van der Waals surface area contributed by atoms with Crippen LogP contribution in [0.4, 0.5) is 10.1 Å². The van der Waals surface area contributed by atoms with Crippen molar-refractivity contribution >= 4 is 34.6 Å². The minimum atomic E-state index is -0.437. The van der Waals surface area contributed by atoms with Gasteiger partial charge in [0.1, 0.15) is 5.82 Å². The van der Waals surface area contributed by atoms with Gasteiger partial charge in [-0.05, 0) is 43.5 Å². The first-order valence-corrected chi connectivity index (χ1v) is 7.07. The van der Waals surface area contributed by atoms with E-state index in [0.717, 1.165) is 26.2 Å². The molecule has 1 aromatic rings. The average Bonchev–Trinajstić information content (AvgIpc) is 2.39. The molecule has 3 nitrogen and oxygen atoms in total. The van der Waals surface area contributed by atoms with Crippen molar-refractivity contribution in [2.45, 2.75) is 13.8 Å². The first-order valence-electron chi connectivity index (χ1n) is 6.29. The first-order chi connectivity index (χ1) is 9.06. The Morgan fingerprint density at radius 3 is 2.63 bits per heavy atom. The second kappa shape index (κ2) is 8.30. The third-order valence-electron chi connectivity index (χ3n) is 2.79. The third kappa shape index (κ3) is 5.72. The molecule has 0 atom stereocenters. The zero-order chi connectivity index (χ0) is 14.3. The van der Waals surface area contributed by atoms with Crippen LogP contribution in [0.25, 0.3) is 0 Å². The van der Waals surface area contributed by atoms with Crippen LogP contribution in [0.15, 0.2) is 18.2 Å². The molecule has 0 bridgehead atoms. The second-order valence-electron chi connectivity index (χ2n) is 4.04. The topological polar surface area (TPSA) is 27.3 Å². The van der Waals surface area contributed by atoms with Gasteiger partial charge in [0.05, 0.1) is 5.02 Å². The quantitative estimate of drug-likeness (QED) is 0.790. The molecular formula is C13H19ClFN3S. The second-order valence-corrected chi connectivity index (χ2v) is 4.85. The van der Waals surface area contributed by atoms with Crippen LogP contribution in [0.3, 0.4) is 0 Å². The van der Waals surface area contributed by atoms with E-state index in [1.54, 1.807) is 6.07 Å². The summed E-state index contributed by atoms with van der Waals surface area (Å²) in [5.74, 6) is -0.437. The summed E-state index contributed by atoms with van der Waals surface area (Å²) in [7, 11) is 0. The van der Waals surface area contributed by atoms with E-state index in [-0.39, 0.29) is 5.02 Å². The Morgan fingerprint density at radius 2 is 2.05 bits per heavy atom. The minimum Gasteiger partial charge on any atom is -0.361 e. The van der Waals surface area contributed by atoms with Gasteiger partial charge in [-0.1, -0.05) is 25.4 Å². The van der Waals surface area contributed by atoms with Gasteiger partial charge in [0, 0.05) is 18.8 Å². The van der Waals surface area contributed by atoms with E-state index in [4.69, 9.17) is 23.8 Å². The van der Waals surface area contributed by atoms with Crippen LogP contribution in [-0.4, -0.2) is 36.2 Å². The highest BCUT2D eigenvalue weighted by Crippen LogP contribution is 2.19. The number of halogens is 2. The highest BCUT2D eigenvalue weighted by Gasteiger charge is 2.03. The van der Waals surface area contributed by atoms with Crippen molar-refractivity contribution in [3.05, 3.63) is 29.0 Å². The largest absolute Gasteiger partial charge is 0.361 e. The summed E-state index contributed by atoms with van der Waals surface area (Å²) >= 11 is 10.9. The molecule has 0 aromatic heterocycles. The van der Waals surface area contributed by atoms with Crippen LogP contribution in [0.1, 0.15) is 13.8 Å². The van der Waals surface area contributed by atoms with Crippen LogP contribution in [0, 0.1) is 5.82 Å². The number of anilines is 1. The predicted molar refractivity (Wildman–Crippen MR) is 83.4 cm³/mol. The van der Waals surface area contributed by atoms with E-state index in [2.05, 4.69) is 29.4 Å². The lowest BCUT2D eigenvalue weighted by Gasteiger charge is -2.19. The van der Waals surface area contributed by atoms with Gasteiger partial charge >= 0.3 is 0 Å². The molecule has 0 spiro atoms. The van der Waals surface area contributed by atoms with Gasteiger partial charge in [-0.15, -0.1) is 0 Å². The van der Waals surface area contributed by atoms with Crippen molar-refractivity contribution in [1.82, 2.24) is 10.2 Å². The molecule has 0 heterocycles. The van der Waals surface area contributed by atoms with Crippen LogP contribution in [0.5, 0.6) is 0 Å². The van der Waals surface area contributed by atoms with Gasteiger partial charge in [0.25, 0.3) is 0 Å². The van der Waals surface area contributed by atoms with Crippen LogP contribution < -0.4 is 10.6 Å². The molecule has 0 aliphatic carbocycles. The van der Waals surface area contributed by atoms with Crippen molar-refractivity contribution < 1.29 is 4.39 Å². The molecular weight excluding hydrogens is 285 g/mol. The number of likely N-dealkylation sites (N-methyl/N-ethyl adjacent to an activating group) is 1. The van der Waals surface area contributed by atoms with Crippen molar-refractivity contribution in [2.24, 2.45) is 0 Å². The van der Waals surface area contributed by atoms with Crippen LogP contribution in [0.2, 0.25) is 5.02 Å². The summed E-state index contributed by atoms with van der Waals surface area (Å²) in [5, 5.41) is 6.67. The number of rotatable bonds is 6. The van der Waals surface area contributed by atoms with Gasteiger partial charge in [-0.3, -0.25) is 0 Å². The zero-order valence-electron chi connectivity index (χ0n) is 11.2. The molecule has 2 N–H and O–H groups in total. The molecule has 0 aliphatic rings. The van der Waals surface area contributed by atoms with Crippen molar-refractivity contribution in [1.29, 1.82) is 0 Å². The summed E-state index contributed by atoms with van der Waals surface area (Å²) in [4.78, 5) is 2.30. The molecule has 1 rings (SSSR count). The van der Waals surface area contributed by atoms with E-state index in [9.17, 15) is 4.39 Å². The Labute approximate surface area is 124 Å². The molecule has 0 radical (unpaired) electrons. The zero-order valence-corrected chi connectivity index (χ0v) is 12.7. The number of benzene rings is 1. The number of hydrogen-bond donors (Lipinski definition) is 2. The molecule has 1 aromatic carbocycles. The molecule has 6 heteroatoms. The maximum atomic E-state index is 13.0. The van der Waals surface area contributed by atoms with E-state index >= 15 is 0 Å². The van der Waals surface area contributed by atoms with Gasteiger partial charge < -0.3 is 15.5 Å². The predicted octanol–water partition coefficient (Wildman–Crippen LogP) is 3.11. The Hall–Kier alpha value is -0.910. The summed E-state index contributed by atoms with van der Waals surface area (Å²) in [6, 6.07) is 4.41.